The molecular formula is C15H15Cl2N3O3. The van der Waals surface area contributed by atoms with Crippen molar-refractivity contribution in [3.63, 3.8) is 0 Å². The molecule has 1 heterocycles. The SMILES string of the molecule is CC1(C2CC2)NC(=O)N(CC(=O)Nc2cc(Cl)cc(Cl)c2)C1=O. The number of imide groups is 1. The van der Waals surface area contributed by atoms with E-state index in [1.54, 1.807) is 6.92 Å². The van der Waals surface area contributed by atoms with Gasteiger partial charge in [-0.3, -0.25) is 14.5 Å². The highest BCUT2D eigenvalue weighted by molar-refractivity contribution is 6.35. The third-order valence-corrected chi connectivity index (χ3v) is 4.58. The van der Waals surface area contributed by atoms with Crippen LogP contribution in [0.1, 0.15) is 19.8 Å². The predicted octanol–water partition coefficient (Wildman–Crippen LogP) is 2.65. The van der Waals surface area contributed by atoms with Crippen molar-refractivity contribution in [1.29, 1.82) is 0 Å². The van der Waals surface area contributed by atoms with Crippen molar-refractivity contribution >= 4 is 46.7 Å². The van der Waals surface area contributed by atoms with Crippen LogP contribution < -0.4 is 10.6 Å². The molecule has 4 amide bonds. The Bertz CT molecular complexity index is 685. The van der Waals surface area contributed by atoms with Gasteiger partial charge in [-0.1, -0.05) is 23.2 Å². The van der Waals surface area contributed by atoms with Crippen LogP contribution in [0.15, 0.2) is 18.2 Å². The maximum atomic E-state index is 12.4. The van der Waals surface area contributed by atoms with Gasteiger partial charge < -0.3 is 10.6 Å². The smallest absolute Gasteiger partial charge is 0.324 e. The van der Waals surface area contributed by atoms with Gasteiger partial charge in [0.05, 0.1) is 0 Å². The lowest BCUT2D eigenvalue weighted by molar-refractivity contribution is -0.134. The molecule has 1 saturated heterocycles. The van der Waals surface area contributed by atoms with Crippen LogP contribution in [0, 0.1) is 5.92 Å². The second-order valence-electron chi connectivity index (χ2n) is 6.00. The van der Waals surface area contributed by atoms with E-state index in [1.807, 2.05) is 0 Å². The third-order valence-electron chi connectivity index (χ3n) is 4.14. The molecule has 0 bridgehead atoms. The molecule has 3 rings (SSSR count). The van der Waals surface area contributed by atoms with Crippen LogP contribution >= 0.6 is 23.2 Å². The van der Waals surface area contributed by atoms with E-state index in [1.165, 1.54) is 18.2 Å². The molecular weight excluding hydrogens is 341 g/mol. The first-order chi connectivity index (χ1) is 10.8. The standard InChI is InChI=1S/C15H15Cl2N3O3/c1-15(8-2-3-8)13(22)20(14(23)19-15)7-12(21)18-11-5-9(16)4-10(17)6-11/h4-6,8H,2-3,7H2,1H3,(H,18,21)(H,19,23). The summed E-state index contributed by atoms with van der Waals surface area (Å²) in [5.41, 5.74) is -0.485. The number of benzene rings is 1. The number of carbonyl (C=O) groups is 3. The second kappa shape index (κ2) is 5.69. The molecule has 0 aromatic heterocycles. The Morgan fingerprint density at radius 2 is 1.91 bits per heavy atom. The quantitative estimate of drug-likeness (QED) is 0.814. The molecule has 2 fully saturated rings. The third kappa shape index (κ3) is 3.14. The fourth-order valence-corrected chi connectivity index (χ4v) is 3.29. The maximum Gasteiger partial charge on any atom is 0.325 e. The van der Waals surface area contributed by atoms with Gasteiger partial charge in [0.25, 0.3) is 5.91 Å². The molecule has 2 N–H and O–H groups in total. The maximum absolute atomic E-state index is 12.4. The summed E-state index contributed by atoms with van der Waals surface area (Å²) in [6, 6.07) is 4.07. The Morgan fingerprint density at radius 1 is 1.30 bits per heavy atom. The molecule has 1 atom stereocenters. The van der Waals surface area contributed by atoms with Crippen LogP contribution in [0.3, 0.4) is 0 Å². The fraction of sp³-hybridized carbons (Fsp3) is 0.400. The number of hydrogen-bond acceptors (Lipinski definition) is 3. The largest absolute Gasteiger partial charge is 0.325 e. The summed E-state index contributed by atoms with van der Waals surface area (Å²) in [6.07, 6.45) is 1.81. The molecule has 1 saturated carbocycles. The topological polar surface area (TPSA) is 78.5 Å². The van der Waals surface area contributed by atoms with Gasteiger partial charge in [-0.05, 0) is 43.9 Å². The molecule has 1 aromatic carbocycles. The monoisotopic (exact) mass is 355 g/mol. The van der Waals surface area contributed by atoms with E-state index in [9.17, 15) is 14.4 Å². The number of carbonyl (C=O) groups excluding carboxylic acids is 3. The number of nitrogens with zero attached hydrogens (tertiary/aromatic N) is 1. The minimum absolute atomic E-state index is 0.152. The first-order valence-electron chi connectivity index (χ1n) is 7.19. The normalized spacial score (nSPS) is 23.9. The Kier molecular flexibility index (Phi) is 3.98. The van der Waals surface area contributed by atoms with E-state index >= 15 is 0 Å². The molecule has 122 valence electrons. The molecule has 2 aliphatic rings. The van der Waals surface area contributed by atoms with E-state index in [0.717, 1.165) is 17.7 Å². The molecule has 8 heteroatoms. The van der Waals surface area contributed by atoms with Crippen molar-refractivity contribution in [2.24, 2.45) is 5.92 Å². The van der Waals surface area contributed by atoms with Gasteiger partial charge in [-0.25, -0.2) is 4.79 Å². The van der Waals surface area contributed by atoms with E-state index in [0.29, 0.717) is 15.7 Å². The van der Waals surface area contributed by atoms with Gasteiger partial charge in [0.1, 0.15) is 12.1 Å². The highest BCUT2D eigenvalue weighted by Gasteiger charge is 2.56. The van der Waals surface area contributed by atoms with Crippen molar-refractivity contribution in [2.45, 2.75) is 25.3 Å². The van der Waals surface area contributed by atoms with E-state index in [2.05, 4.69) is 10.6 Å². The summed E-state index contributed by atoms with van der Waals surface area (Å²) in [5.74, 6) is -0.699. The minimum Gasteiger partial charge on any atom is -0.324 e. The average Bonchev–Trinajstić information content (AvgIpc) is 3.24. The lowest BCUT2D eigenvalue weighted by Crippen LogP contribution is -2.46. The van der Waals surface area contributed by atoms with Crippen LogP contribution in [0.5, 0.6) is 0 Å². The van der Waals surface area contributed by atoms with Crippen LogP contribution in [0.2, 0.25) is 10.0 Å². The van der Waals surface area contributed by atoms with Crippen LogP contribution in [-0.2, 0) is 9.59 Å². The Labute approximate surface area is 143 Å². The van der Waals surface area contributed by atoms with Gasteiger partial charge in [0.15, 0.2) is 0 Å². The highest BCUT2D eigenvalue weighted by atomic mass is 35.5. The first-order valence-corrected chi connectivity index (χ1v) is 7.95. The first kappa shape index (κ1) is 16.1. The molecule has 23 heavy (non-hydrogen) atoms. The lowest BCUT2D eigenvalue weighted by Gasteiger charge is -2.20. The lowest BCUT2D eigenvalue weighted by atomic mass is 9.96. The Balaban J connectivity index is 1.68. The summed E-state index contributed by atoms with van der Waals surface area (Å²) in [6.45, 7) is 1.36. The molecule has 1 aliphatic heterocycles. The average molecular weight is 356 g/mol. The summed E-state index contributed by atoms with van der Waals surface area (Å²) in [5, 5.41) is 6.03. The summed E-state index contributed by atoms with van der Waals surface area (Å²) in [4.78, 5) is 37.5. The van der Waals surface area contributed by atoms with Crippen molar-refractivity contribution in [3.05, 3.63) is 28.2 Å². The number of rotatable bonds is 4. The van der Waals surface area contributed by atoms with Crippen LogP contribution in [0.25, 0.3) is 0 Å². The van der Waals surface area contributed by atoms with Crippen molar-refractivity contribution < 1.29 is 14.4 Å². The number of amides is 4. The second-order valence-corrected chi connectivity index (χ2v) is 6.88. The zero-order valence-corrected chi connectivity index (χ0v) is 13.9. The van der Waals surface area contributed by atoms with Crippen LogP contribution in [-0.4, -0.2) is 34.8 Å². The van der Waals surface area contributed by atoms with Crippen LogP contribution in [0.4, 0.5) is 10.5 Å². The molecule has 0 spiro atoms. The Hall–Kier alpha value is -1.79. The predicted molar refractivity (Wildman–Crippen MR) is 86.5 cm³/mol. The summed E-state index contributed by atoms with van der Waals surface area (Å²) >= 11 is 11.7. The number of nitrogens with one attached hydrogen (secondary N) is 2. The molecule has 1 aromatic rings. The van der Waals surface area contributed by atoms with Gasteiger partial charge in [-0.15, -0.1) is 0 Å². The zero-order valence-electron chi connectivity index (χ0n) is 12.4. The fourth-order valence-electron chi connectivity index (χ4n) is 2.77. The van der Waals surface area contributed by atoms with Gasteiger partial charge in [0.2, 0.25) is 5.91 Å². The van der Waals surface area contributed by atoms with Gasteiger partial charge in [-0.2, -0.15) is 0 Å². The zero-order chi connectivity index (χ0) is 16.8. The molecule has 0 radical (unpaired) electrons. The summed E-state index contributed by atoms with van der Waals surface area (Å²) in [7, 11) is 0. The van der Waals surface area contributed by atoms with Gasteiger partial charge in [0, 0.05) is 15.7 Å². The van der Waals surface area contributed by atoms with E-state index in [-0.39, 0.29) is 18.4 Å². The van der Waals surface area contributed by atoms with E-state index in [4.69, 9.17) is 23.2 Å². The van der Waals surface area contributed by atoms with E-state index < -0.39 is 17.5 Å². The molecule has 1 unspecified atom stereocenters. The molecule has 1 aliphatic carbocycles. The highest BCUT2D eigenvalue weighted by Crippen LogP contribution is 2.42. The van der Waals surface area contributed by atoms with Crippen molar-refractivity contribution in [2.75, 3.05) is 11.9 Å². The molecule has 6 nitrogen and oxygen atoms in total. The minimum atomic E-state index is -0.892. The number of urea groups is 1. The van der Waals surface area contributed by atoms with Crippen molar-refractivity contribution in [3.8, 4) is 0 Å². The number of halogens is 2. The summed E-state index contributed by atoms with van der Waals surface area (Å²) < 4.78 is 0. The van der Waals surface area contributed by atoms with Gasteiger partial charge >= 0.3 is 6.03 Å². The Morgan fingerprint density at radius 3 is 2.48 bits per heavy atom. The number of anilines is 1. The number of hydrogen-bond donors (Lipinski definition) is 2. The van der Waals surface area contributed by atoms with Crippen molar-refractivity contribution in [1.82, 2.24) is 10.2 Å².